The van der Waals surface area contributed by atoms with E-state index < -0.39 is 0 Å². The van der Waals surface area contributed by atoms with Gasteiger partial charge in [-0.25, -0.2) is 4.98 Å². The van der Waals surface area contributed by atoms with Crippen molar-refractivity contribution < 1.29 is 0 Å². The Labute approximate surface area is 131 Å². The lowest BCUT2D eigenvalue weighted by Gasteiger charge is -2.09. The smallest absolute Gasteiger partial charge is 0.137 e. The van der Waals surface area contributed by atoms with Gasteiger partial charge in [-0.2, -0.15) is 0 Å². The summed E-state index contributed by atoms with van der Waals surface area (Å²) in [4.78, 5) is 4.57. The number of nitrogens with one attached hydrogen (secondary N) is 1. The average Bonchev–Trinajstić information content (AvgIpc) is 3.29. The van der Waals surface area contributed by atoms with E-state index in [4.69, 9.17) is 11.6 Å². The van der Waals surface area contributed by atoms with Crippen LogP contribution in [-0.2, 0) is 0 Å². The zero-order chi connectivity index (χ0) is 14.8. The van der Waals surface area contributed by atoms with Gasteiger partial charge in [0.2, 0.25) is 0 Å². The summed E-state index contributed by atoms with van der Waals surface area (Å²) in [5.41, 5.74) is 4.55. The van der Waals surface area contributed by atoms with Crippen LogP contribution in [0.15, 0.2) is 29.8 Å². The first kappa shape index (κ1) is 14.6. The molecule has 3 rings (SSSR count). The standard InChI is InChI=1S/C18H21ClN2/c1-3-13(11-20-16-7-8-16)9-15-10-14-6-4-5-12(2)17(14)21-18(15)19/h4-6,9-10,16,20H,3,7-8,11H2,1-2H3. The van der Waals surface area contributed by atoms with Crippen LogP contribution < -0.4 is 5.32 Å². The van der Waals surface area contributed by atoms with Gasteiger partial charge in [0.15, 0.2) is 0 Å². The zero-order valence-electron chi connectivity index (χ0n) is 12.6. The Hall–Kier alpha value is -1.38. The van der Waals surface area contributed by atoms with Crippen LogP contribution in [0.25, 0.3) is 17.0 Å². The van der Waals surface area contributed by atoms with E-state index in [1.54, 1.807) is 0 Å². The zero-order valence-corrected chi connectivity index (χ0v) is 13.4. The van der Waals surface area contributed by atoms with Crippen molar-refractivity contribution in [2.24, 2.45) is 0 Å². The summed E-state index contributed by atoms with van der Waals surface area (Å²) >= 11 is 6.38. The summed E-state index contributed by atoms with van der Waals surface area (Å²) in [7, 11) is 0. The summed E-state index contributed by atoms with van der Waals surface area (Å²) < 4.78 is 0. The minimum absolute atomic E-state index is 0.592. The Morgan fingerprint density at radius 3 is 2.95 bits per heavy atom. The molecule has 1 saturated carbocycles. The molecule has 1 aliphatic rings. The molecule has 0 amide bonds. The maximum Gasteiger partial charge on any atom is 0.137 e. The highest BCUT2D eigenvalue weighted by Gasteiger charge is 2.20. The molecule has 2 nitrogen and oxygen atoms in total. The molecule has 0 radical (unpaired) electrons. The van der Waals surface area contributed by atoms with Crippen molar-refractivity contribution in [3.05, 3.63) is 46.1 Å². The van der Waals surface area contributed by atoms with Gasteiger partial charge >= 0.3 is 0 Å². The molecular formula is C18H21ClN2. The maximum atomic E-state index is 6.38. The lowest BCUT2D eigenvalue weighted by molar-refractivity contribution is 0.723. The van der Waals surface area contributed by atoms with Gasteiger partial charge in [-0.1, -0.05) is 48.4 Å². The number of para-hydroxylation sites is 1. The number of benzene rings is 1. The van der Waals surface area contributed by atoms with Crippen molar-refractivity contribution in [1.29, 1.82) is 0 Å². The van der Waals surface area contributed by atoms with Crippen LogP contribution in [0.2, 0.25) is 5.15 Å². The summed E-state index contributed by atoms with van der Waals surface area (Å²) in [5.74, 6) is 0. The van der Waals surface area contributed by atoms with Crippen molar-refractivity contribution >= 4 is 28.6 Å². The fourth-order valence-electron chi connectivity index (χ4n) is 2.50. The monoisotopic (exact) mass is 300 g/mol. The van der Waals surface area contributed by atoms with E-state index in [2.05, 4.69) is 54.5 Å². The highest BCUT2D eigenvalue weighted by Crippen LogP contribution is 2.25. The molecule has 0 spiro atoms. The van der Waals surface area contributed by atoms with Crippen LogP contribution in [0.3, 0.4) is 0 Å². The number of fused-ring (bicyclic) bond motifs is 1. The van der Waals surface area contributed by atoms with Crippen LogP contribution in [0.1, 0.15) is 37.3 Å². The van der Waals surface area contributed by atoms with E-state index in [9.17, 15) is 0 Å². The highest BCUT2D eigenvalue weighted by atomic mass is 35.5. The molecule has 0 aliphatic heterocycles. The Morgan fingerprint density at radius 1 is 1.43 bits per heavy atom. The quantitative estimate of drug-likeness (QED) is 0.807. The molecule has 3 heteroatoms. The lowest BCUT2D eigenvalue weighted by atomic mass is 10.1. The van der Waals surface area contributed by atoms with Crippen molar-refractivity contribution in [2.45, 2.75) is 39.2 Å². The third-order valence-electron chi connectivity index (χ3n) is 4.04. The van der Waals surface area contributed by atoms with Crippen LogP contribution in [-0.4, -0.2) is 17.6 Å². The van der Waals surface area contributed by atoms with Crippen molar-refractivity contribution in [1.82, 2.24) is 10.3 Å². The summed E-state index contributed by atoms with van der Waals surface area (Å²) in [6.07, 6.45) is 5.84. The number of hydrogen-bond acceptors (Lipinski definition) is 2. The SMILES string of the molecule is CCC(=Cc1cc2cccc(C)c2nc1Cl)CNC1CC1. The minimum atomic E-state index is 0.592. The molecule has 21 heavy (non-hydrogen) atoms. The molecule has 1 aromatic heterocycles. The van der Waals surface area contributed by atoms with Crippen LogP contribution in [0.5, 0.6) is 0 Å². The number of pyridine rings is 1. The van der Waals surface area contributed by atoms with Crippen LogP contribution >= 0.6 is 11.6 Å². The first-order valence-electron chi connectivity index (χ1n) is 7.66. The Morgan fingerprint density at radius 2 is 2.24 bits per heavy atom. The largest absolute Gasteiger partial charge is 0.310 e. The molecule has 2 aromatic rings. The summed E-state index contributed by atoms with van der Waals surface area (Å²) in [5, 5.41) is 5.30. The number of nitrogens with zero attached hydrogens (tertiary/aromatic N) is 1. The number of hydrogen-bond donors (Lipinski definition) is 1. The number of rotatable bonds is 5. The van der Waals surface area contributed by atoms with Crippen LogP contribution in [0.4, 0.5) is 0 Å². The maximum absolute atomic E-state index is 6.38. The number of aromatic nitrogens is 1. The molecule has 1 fully saturated rings. The van der Waals surface area contributed by atoms with Crippen molar-refractivity contribution in [3.8, 4) is 0 Å². The van der Waals surface area contributed by atoms with Gasteiger partial charge < -0.3 is 5.32 Å². The van der Waals surface area contributed by atoms with E-state index in [0.717, 1.165) is 41.0 Å². The molecule has 1 heterocycles. The molecule has 0 atom stereocenters. The first-order valence-corrected chi connectivity index (χ1v) is 8.04. The third kappa shape index (κ3) is 3.45. The molecule has 0 bridgehead atoms. The second-order valence-corrected chi connectivity index (χ2v) is 6.18. The number of halogens is 1. The summed E-state index contributed by atoms with van der Waals surface area (Å²) in [6, 6.07) is 9.10. The van der Waals surface area contributed by atoms with E-state index in [-0.39, 0.29) is 0 Å². The van der Waals surface area contributed by atoms with Crippen molar-refractivity contribution in [2.75, 3.05) is 6.54 Å². The van der Waals surface area contributed by atoms with Gasteiger partial charge in [0.1, 0.15) is 5.15 Å². The molecular weight excluding hydrogens is 280 g/mol. The fourth-order valence-corrected chi connectivity index (χ4v) is 2.70. The minimum Gasteiger partial charge on any atom is -0.310 e. The molecule has 110 valence electrons. The second kappa shape index (κ2) is 6.17. The van der Waals surface area contributed by atoms with E-state index in [1.807, 2.05) is 0 Å². The van der Waals surface area contributed by atoms with Gasteiger partial charge in [0.05, 0.1) is 5.52 Å². The number of aryl methyl sites for hydroxylation is 1. The predicted octanol–water partition coefficient (Wildman–Crippen LogP) is 4.74. The normalized spacial score (nSPS) is 15.7. The fraction of sp³-hybridized carbons (Fsp3) is 0.389. The van der Waals surface area contributed by atoms with Gasteiger partial charge in [-0.3, -0.25) is 0 Å². The first-order chi connectivity index (χ1) is 10.2. The van der Waals surface area contributed by atoms with E-state index >= 15 is 0 Å². The van der Waals surface area contributed by atoms with Crippen LogP contribution in [0, 0.1) is 6.92 Å². The molecule has 0 unspecified atom stereocenters. The van der Waals surface area contributed by atoms with E-state index in [0.29, 0.717) is 5.15 Å². The molecule has 1 aliphatic carbocycles. The predicted molar refractivity (Wildman–Crippen MR) is 90.8 cm³/mol. The lowest BCUT2D eigenvalue weighted by Crippen LogP contribution is -2.18. The Balaban J connectivity index is 1.92. The highest BCUT2D eigenvalue weighted by molar-refractivity contribution is 6.31. The van der Waals surface area contributed by atoms with Gasteiger partial charge in [-0.15, -0.1) is 0 Å². The van der Waals surface area contributed by atoms with E-state index in [1.165, 1.54) is 18.4 Å². The summed E-state index contributed by atoms with van der Waals surface area (Å²) in [6.45, 7) is 5.20. The van der Waals surface area contributed by atoms with Gasteiger partial charge in [-0.05, 0) is 37.8 Å². The Bertz CT molecular complexity index is 687. The molecule has 1 aromatic carbocycles. The third-order valence-corrected chi connectivity index (χ3v) is 4.34. The average molecular weight is 301 g/mol. The molecule has 1 N–H and O–H groups in total. The molecule has 0 saturated heterocycles. The topological polar surface area (TPSA) is 24.9 Å². The van der Waals surface area contributed by atoms with Gasteiger partial charge in [0.25, 0.3) is 0 Å². The van der Waals surface area contributed by atoms with Crippen molar-refractivity contribution in [3.63, 3.8) is 0 Å². The Kier molecular flexibility index (Phi) is 4.27. The second-order valence-electron chi connectivity index (χ2n) is 5.83. The van der Waals surface area contributed by atoms with Gasteiger partial charge in [0, 0.05) is 23.5 Å².